The van der Waals surface area contributed by atoms with Gasteiger partial charge in [0.25, 0.3) is 5.91 Å². The van der Waals surface area contributed by atoms with Gasteiger partial charge in [-0.1, -0.05) is 11.6 Å². The minimum absolute atomic E-state index is 0.0573. The first kappa shape index (κ1) is 23.0. The molecule has 2 amide bonds. The highest BCUT2D eigenvalue weighted by atomic mass is 35.5. The molecular weight excluding hydrogens is 450 g/mol. The van der Waals surface area contributed by atoms with Crippen molar-refractivity contribution in [3.63, 3.8) is 0 Å². The number of nitrogens with zero attached hydrogens (tertiary/aromatic N) is 3. The zero-order valence-corrected chi connectivity index (χ0v) is 18.7. The topological polar surface area (TPSA) is 102 Å². The van der Waals surface area contributed by atoms with Crippen LogP contribution in [0, 0.1) is 16.0 Å². The highest BCUT2D eigenvalue weighted by Crippen LogP contribution is 2.33. The summed E-state index contributed by atoms with van der Waals surface area (Å²) in [4.78, 5) is 39.8. The summed E-state index contributed by atoms with van der Waals surface area (Å²) in [6.07, 6.45) is 1.28. The number of ether oxygens (including phenoxy) is 2. The van der Waals surface area contributed by atoms with E-state index in [2.05, 4.69) is 0 Å². The number of nitro benzene ring substituents is 1. The monoisotopic (exact) mass is 473 g/mol. The predicted molar refractivity (Wildman–Crippen MR) is 121 cm³/mol. The average Bonchev–Trinajstić information content (AvgIpc) is 2.85. The molecule has 0 unspecified atom stereocenters. The zero-order valence-electron chi connectivity index (χ0n) is 17.9. The second-order valence-electron chi connectivity index (χ2n) is 8.00. The molecule has 33 heavy (non-hydrogen) atoms. The van der Waals surface area contributed by atoms with Crippen LogP contribution >= 0.6 is 11.6 Å². The summed E-state index contributed by atoms with van der Waals surface area (Å²) in [5, 5.41) is 11.5. The van der Waals surface area contributed by atoms with Crippen LogP contribution < -0.4 is 4.74 Å². The summed E-state index contributed by atoms with van der Waals surface area (Å²) < 4.78 is 10.9. The smallest absolute Gasteiger partial charge is 0.313 e. The summed E-state index contributed by atoms with van der Waals surface area (Å²) >= 11 is 5.83. The lowest BCUT2D eigenvalue weighted by atomic mass is 9.94. The van der Waals surface area contributed by atoms with E-state index in [0.29, 0.717) is 63.5 Å². The molecule has 2 fully saturated rings. The lowest BCUT2D eigenvalue weighted by Crippen LogP contribution is -2.47. The van der Waals surface area contributed by atoms with Gasteiger partial charge in [-0.15, -0.1) is 0 Å². The van der Waals surface area contributed by atoms with E-state index < -0.39 is 4.92 Å². The molecule has 2 aliphatic heterocycles. The first-order valence-corrected chi connectivity index (χ1v) is 11.2. The molecule has 2 aromatic rings. The molecule has 10 heteroatoms. The second-order valence-corrected chi connectivity index (χ2v) is 8.44. The number of rotatable bonds is 5. The Morgan fingerprint density at radius 2 is 1.67 bits per heavy atom. The van der Waals surface area contributed by atoms with E-state index in [-0.39, 0.29) is 34.2 Å². The number of halogens is 1. The molecule has 174 valence electrons. The lowest BCUT2D eigenvalue weighted by Gasteiger charge is -2.35. The maximum Gasteiger partial charge on any atom is 0.313 e. The number of carbonyl (C=O) groups excluding carboxylic acids is 2. The Balaban J connectivity index is 1.34. The van der Waals surface area contributed by atoms with Crippen LogP contribution in [-0.2, 0) is 9.53 Å². The Bertz CT molecular complexity index is 1030. The van der Waals surface area contributed by atoms with Gasteiger partial charge in [0.2, 0.25) is 11.7 Å². The Hall–Kier alpha value is -3.17. The Labute approximate surface area is 196 Å². The fourth-order valence-corrected chi connectivity index (χ4v) is 4.23. The Morgan fingerprint density at radius 1 is 1.00 bits per heavy atom. The molecule has 4 rings (SSSR count). The van der Waals surface area contributed by atoms with Crippen LogP contribution in [0.2, 0.25) is 5.02 Å². The molecule has 0 aromatic heterocycles. The fraction of sp³-hybridized carbons (Fsp3) is 0.391. The van der Waals surface area contributed by atoms with Gasteiger partial charge in [0.05, 0.1) is 18.1 Å². The van der Waals surface area contributed by atoms with Crippen molar-refractivity contribution in [2.75, 3.05) is 39.4 Å². The van der Waals surface area contributed by atoms with Gasteiger partial charge in [-0.2, -0.15) is 0 Å². The van der Waals surface area contributed by atoms with Crippen LogP contribution in [0.15, 0.2) is 42.5 Å². The molecule has 0 saturated carbocycles. The largest absolute Gasteiger partial charge is 0.450 e. The summed E-state index contributed by atoms with van der Waals surface area (Å²) in [6, 6.07) is 10.6. The van der Waals surface area contributed by atoms with Gasteiger partial charge in [0.1, 0.15) is 5.75 Å². The number of benzene rings is 2. The van der Waals surface area contributed by atoms with E-state index in [1.165, 1.54) is 18.2 Å². The first-order valence-electron chi connectivity index (χ1n) is 10.8. The highest BCUT2D eigenvalue weighted by molar-refractivity contribution is 6.30. The SMILES string of the molecule is O=C(c1ccc(Oc2ccc(Cl)cc2[N+](=O)[O-])cc1)N1CCC(C(=O)N2CCOCC2)CC1. The minimum Gasteiger partial charge on any atom is -0.450 e. The number of hydrogen-bond acceptors (Lipinski definition) is 6. The van der Waals surface area contributed by atoms with Crippen molar-refractivity contribution < 1.29 is 24.0 Å². The quantitative estimate of drug-likeness (QED) is 0.484. The number of hydrogen-bond donors (Lipinski definition) is 0. The van der Waals surface area contributed by atoms with Crippen LogP contribution in [-0.4, -0.2) is 65.9 Å². The van der Waals surface area contributed by atoms with E-state index in [4.69, 9.17) is 21.1 Å². The van der Waals surface area contributed by atoms with Crippen molar-refractivity contribution in [2.24, 2.45) is 5.92 Å². The molecule has 2 saturated heterocycles. The van der Waals surface area contributed by atoms with E-state index >= 15 is 0 Å². The summed E-state index contributed by atoms with van der Waals surface area (Å²) in [6.45, 7) is 3.46. The van der Waals surface area contributed by atoms with Crippen molar-refractivity contribution in [2.45, 2.75) is 12.8 Å². The van der Waals surface area contributed by atoms with Crippen molar-refractivity contribution in [1.29, 1.82) is 0 Å². The third kappa shape index (κ3) is 5.43. The van der Waals surface area contributed by atoms with Gasteiger partial charge in [-0.3, -0.25) is 19.7 Å². The average molecular weight is 474 g/mol. The van der Waals surface area contributed by atoms with Crippen LogP contribution in [0.4, 0.5) is 5.69 Å². The van der Waals surface area contributed by atoms with E-state index in [1.54, 1.807) is 29.2 Å². The molecule has 0 N–H and O–H groups in total. The van der Waals surface area contributed by atoms with E-state index in [9.17, 15) is 19.7 Å². The first-order chi connectivity index (χ1) is 15.9. The van der Waals surface area contributed by atoms with Gasteiger partial charge in [-0.05, 0) is 49.2 Å². The van der Waals surface area contributed by atoms with E-state index in [1.807, 2.05) is 4.90 Å². The Kier molecular flexibility index (Phi) is 7.10. The maximum absolute atomic E-state index is 12.9. The zero-order chi connectivity index (χ0) is 23.4. The third-order valence-corrected chi connectivity index (χ3v) is 6.14. The highest BCUT2D eigenvalue weighted by Gasteiger charge is 2.31. The molecule has 0 aliphatic carbocycles. The van der Waals surface area contributed by atoms with Gasteiger partial charge in [0.15, 0.2) is 0 Å². The third-order valence-electron chi connectivity index (χ3n) is 5.90. The normalized spacial score (nSPS) is 17.0. The van der Waals surface area contributed by atoms with Crippen LogP contribution in [0.25, 0.3) is 0 Å². The van der Waals surface area contributed by atoms with Crippen LogP contribution in [0.1, 0.15) is 23.2 Å². The molecule has 2 aromatic carbocycles. The number of likely N-dealkylation sites (tertiary alicyclic amines) is 1. The molecular formula is C23H24ClN3O6. The van der Waals surface area contributed by atoms with Gasteiger partial charge in [-0.25, -0.2) is 0 Å². The summed E-state index contributed by atoms with van der Waals surface area (Å²) in [7, 11) is 0. The van der Waals surface area contributed by atoms with E-state index in [0.717, 1.165) is 0 Å². The fourth-order valence-electron chi connectivity index (χ4n) is 4.07. The van der Waals surface area contributed by atoms with Gasteiger partial charge in [0, 0.05) is 48.7 Å². The van der Waals surface area contributed by atoms with Crippen LogP contribution in [0.5, 0.6) is 11.5 Å². The number of carbonyl (C=O) groups is 2. The molecule has 0 atom stereocenters. The predicted octanol–water partition coefficient (Wildman–Crippen LogP) is 3.75. The lowest BCUT2D eigenvalue weighted by molar-refractivity contribution is -0.385. The number of nitro groups is 1. The van der Waals surface area contributed by atoms with Crippen molar-refractivity contribution >= 4 is 29.1 Å². The van der Waals surface area contributed by atoms with Crippen molar-refractivity contribution in [3.05, 3.63) is 63.2 Å². The number of morpholine rings is 1. The van der Waals surface area contributed by atoms with Gasteiger partial charge < -0.3 is 19.3 Å². The van der Waals surface area contributed by atoms with Gasteiger partial charge >= 0.3 is 5.69 Å². The standard InChI is InChI=1S/C23H24ClN3O6/c24-18-3-6-21(20(15-18)27(30)31)33-19-4-1-16(2-5-19)22(28)25-9-7-17(8-10-25)23(29)26-11-13-32-14-12-26/h1-6,15,17H,7-14H2. The molecule has 0 radical (unpaired) electrons. The number of piperidine rings is 1. The maximum atomic E-state index is 12.9. The van der Waals surface area contributed by atoms with Crippen molar-refractivity contribution in [3.8, 4) is 11.5 Å². The molecule has 0 bridgehead atoms. The van der Waals surface area contributed by atoms with Crippen molar-refractivity contribution in [1.82, 2.24) is 9.80 Å². The number of amides is 2. The Morgan fingerprint density at radius 3 is 2.30 bits per heavy atom. The molecule has 9 nitrogen and oxygen atoms in total. The summed E-state index contributed by atoms with van der Waals surface area (Å²) in [5.41, 5.74) is 0.253. The van der Waals surface area contributed by atoms with Crippen LogP contribution in [0.3, 0.4) is 0 Å². The molecule has 2 heterocycles. The second kappa shape index (κ2) is 10.2. The minimum atomic E-state index is -0.563. The summed E-state index contributed by atoms with van der Waals surface area (Å²) in [5.74, 6) is 0.417. The molecule has 0 spiro atoms. The molecule has 2 aliphatic rings.